The molecule has 1 aromatic heterocycles. The predicted octanol–water partition coefficient (Wildman–Crippen LogP) is 4.78. The number of benzene rings is 3. The minimum atomic E-state index is -0.356. The van der Waals surface area contributed by atoms with Crippen molar-refractivity contribution < 1.29 is 14.3 Å². The minimum Gasteiger partial charge on any atom is -0.497 e. The van der Waals surface area contributed by atoms with Gasteiger partial charge in [-0.3, -0.25) is 14.2 Å². The van der Waals surface area contributed by atoms with Crippen LogP contribution < -0.4 is 20.3 Å². The number of amides is 1. The molecule has 9 heteroatoms. The number of fused-ring (bicyclic) bond motifs is 1. The van der Waals surface area contributed by atoms with Crippen molar-refractivity contribution in [1.29, 1.82) is 0 Å². The molecule has 0 radical (unpaired) electrons. The van der Waals surface area contributed by atoms with Crippen LogP contribution in [0.4, 0.5) is 5.69 Å². The van der Waals surface area contributed by atoms with Crippen LogP contribution in [0.1, 0.15) is 5.56 Å². The van der Waals surface area contributed by atoms with Crippen LogP contribution in [0.2, 0.25) is 10.0 Å². The quantitative estimate of drug-likeness (QED) is 0.409. The third-order valence-electron chi connectivity index (χ3n) is 4.87. The summed E-state index contributed by atoms with van der Waals surface area (Å²) >= 11 is 12.0. The zero-order valence-electron chi connectivity index (χ0n) is 17.5. The molecule has 33 heavy (non-hydrogen) atoms. The summed E-state index contributed by atoms with van der Waals surface area (Å²) in [6, 6.07) is 17.1. The molecule has 0 unspecified atom stereocenters. The molecule has 7 nitrogen and oxygen atoms in total. The number of methoxy groups -OCH3 is 1. The van der Waals surface area contributed by atoms with Crippen molar-refractivity contribution in [2.45, 2.75) is 6.54 Å². The lowest BCUT2D eigenvalue weighted by Crippen LogP contribution is -2.22. The van der Waals surface area contributed by atoms with Gasteiger partial charge in [0.15, 0.2) is 6.61 Å². The molecule has 0 aliphatic carbocycles. The monoisotopic (exact) mass is 483 g/mol. The highest BCUT2D eigenvalue weighted by Gasteiger charge is 2.10. The van der Waals surface area contributed by atoms with Gasteiger partial charge in [0, 0.05) is 5.69 Å². The van der Waals surface area contributed by atoms with E-state index in [1.165, 1.54) is 10.9 Å². The number of hydrogen-bond acceptors (Lipinski definition) is 5. The molecule has 1 amide bonds. The van der Waals surface area contributed by atoms with Gasteiger partial charge >= 0.3 is 0 Å². The summed E-state index contributed by atoms with van der Waals surface area (Å²) in [5.41, 5.74) is 1.57. The summed E-state index contributed by atoms with van der Waals surface area (Å²) in [6.45, 7) is 0.101. The van der Waals surface area contributed by atoms with Gasteiger partial charge in [-0.05, 0) is 60.2 Å². The van der Waals surface area contributed by atoms with Crippen LogP contribution in [0.5, 0.6) is 11.5 Å². The summed E-state index contributed by atoms with van der Waals surface area (Å²) in [5, 5.41) is 3.98. The summed E-state index contributed by atoms with van der Waals surface area (Å²) in [6.07, 6.45) is 1.48. The van der Waals surface area contributed by atoms with E-state index in [1.54, 1.807) is 67.8 Å². The number of carbonyl (C=O) groups excluding carboxylic acids is 1. The van der Waals surface area contributed by atoms with E-state index >= 15 is 0 Å². The first-order valence-corrected chi connectivity index (χ1v) is 10.7. The molecule has 0 atom stereocenters. The Morgan fingerprint density at radius 2 is 1.76 bits per heavy atom. The second-order valence-electron chi connectivity index (χ2n) is 7.17. The predicted molar refractivity (Wildman–Crippen MR) is 129 cm³/mol. The van der Waals surface area contributed by atoms with Crippen molar-refractivity contribution in [2.24, 2.45) is 0 Å². The van der Waals surface area contributed by atoms with Gasteiger partial charge in [-0.15, -0.1) is 0 Å². The molecule has 0 spiro atoms. The zero-order valence-corrected chi connectivity index (χ0v) is 19.1. The Bertz CT molecular complexity index is 1370. The highest BCUT2D eigenvalue weighted by atomic mass is 35.5. The van der Waals surface area contributed by atoms with E-state index in [2.05, 4.69) is 10.3 Å². The Balaban J connectivity index is 1.48. The van der Waals surface area contributed by atoms with E-state index in [4.69, 9.17) is 32.7 Å². The van der Waals surface area contributed by atoms with Gasteiger partial charge in [0.2, 0.25) is 0 Å². The molecule has 4 aromatic rings. The number of carbonyl (C=O) groups is 1. The molecule has 0 saturated carbocycles. The van der Waals surface area contributed by atoms with E-state index in [0.29, 0.717) is 38.1 Å². The third-order valence-corrected chi connectivity index (χ3v) is 5.61. The number of hydrogen-bond donors (Lipinski definition) is 1. The summed E-state index contributed by atoms with van der Waals surface area (Å²) < 4.78 is 12.1. The largest absolute Gasteiger partial charge is 0.497 e. The number of nitrogens with one attached hydrogen (secondary N) is 1. The average Bonchev–Trinajstić information content (AvgIpc) is 2.82. The maximum Gasteiger partial charge on any atom is 0.262 e. The van der Waals surface area contributed by atoms with E-state index in [0.717, 1.165) is 5.56 Å². The SMILES string of the molecule is COc1ccc(OCC(=O)Nc2ccc3ncn(Cc4ccc(Cl)c(Cl)c4)c(=O)c3c2)cc1. The molecule has 0 aliphatic heterocycles. The van der Waals surface area contributed by atoms with Crippen molar-refractivity contribution >= 4 is 45.7 Å². The average molecular weight is 484 g/mol. The molecule has 0 fully saturated rings. The fraction of sp³-hybridized carbons (Fsp3) is 0.125. The molecule has 4 rings (SSSR count). The summed E-state index contributed by atoms with van der Waals surface area (Å²) in [7, 11) is 1.57. The minimum absolute atomic E-state index is 0.182. The first-order chi connectivity index (χ1) is 15.9. The van der Waals surface area contributed by atoms with Gasteiger partial charge in [-0.2, -0.15) is 0 Å². The smallest absolute Gasteiger partial charge is 0.262 e. The van der Waals surface area contributed by atoms with Gasteiger partial charge in [-0.1, -0.05) is 29.3 Å². The Morgan fingerprint density at radius 1 is 1.00 bits per heavy atom. The van der Waals surface area contributed by atoms with Crippen molar-refractivity contribution in [3.8, 4) is 11.5 Å². The Kier molecular flexibility index (Phi) is 6.82. The summed E-state index contributed by atoms with van der Waals surface area (Å²) in [4.78, 5) is 29.7. The van der Waals surface area contributed by atoms with Crippen LogP contribution in [0.25, 0.3) is 10.9 Å². The number of aromatic nitrogens is 2. The number of halogens is 2. The lowest BCUT2D eigenvalue weighted by molar-refractivity contribution is -0.118. The van der Waals surface area contributed by atoms with Crippen LogP contribution in [-0.2, 0) is 11.3 Å². The molecule has 0 aliphatic rings. The second-order valence-corrected chi connectivity index (χ2v) is 7.98. The van der Waals surface area contributed by atoms with Gasteiger partial charge < -0.3 is 14.8 Å². The molecule has 168 valence electrons. The van der Waals surface area contributed by atoms with Crippen LogP contribution in [0.3, 0.4) is 0 Å². The summed E-state index contributed by atoms with van der Waals surface area (Å²) in [5.74, 6) is 0.880. The molecule has 1 N–H and O–H groups in total. The highest BCUT2D eigenvalue weighted by molar-refractivity contribution is 6.42. The van der Waals surface area contributed by atoms with Gasteiger partial charge in [0.1, 0.15) is 11.5 Å². The van der Waals surface area contributed by atoms with Gasteiger partial charge in [-0.25, -0.2) is 4.98 Å². The van der Waals surface area contributed by atoms with Crippen molar-refractivity contribution in [3.63, 3.8) is 0 Å². The van der Waals surface area contributed by atoms with E-state index in [-0.39, 0.29) is 24.6 Å². The maximum absolute atomic E-state index is 13.0. The standard InChI is InChI=1S/C24H19Cl2N3O4/c1-32-17-4-6-18(7-5-17)33-13-23(30)28-16-3-9-22-19(11-16)24(31)29(14-27-22)12-15-2-8-20(25)21(26)10-15/h2-11,14H,12-13H2,1H3,(H,28,30). The first kappa shape index (κ1) is 22.6. The Morgan fingerprint density at radius 3 is 2.48 bits per heavy atom. The molecule has 1 heterocycles. The number of ether oxygens (including phenoxy) is 2. The molecule has 0 saturated heterocycles. The normalized spacial score (nSPS) is 10.8. The fourth-order valence-electron chi connectivity index (χ4n) is 3.20. The molecular formula is C24H19Cl2N3O4. The van der Waals surface area contributed by atoms with Crippen LogP contribution in [0.15, 0.2) is 71.8 Å². The Labute approximate surface area is 199 Å². The van der Waals surface area contributed by atoms with Crippen LogP contribution in [-0.4, -0.2) is 29.2 Å². The van der Waals surface area contributed by atoms with Gasteiger partial charge in [0.25, 0.3) is 11.5 Å². The lowest BCUT2D eigenvalue weighted by atomic mass is 10.2. The third kappa shape index (κ3) is 5.45. The van der Waals surface area contributed by atoms with Crippen molar-refractivity contribution in [1.82, 2.24) is 9.55 Å². The van der Waals surface area contributed by atoms with Crippen molar-refractivity contribution in [2.75, 3.05) is 19.0 Å². The van der Waals surface area contributed by atoms with Crippen LogP contribution in [0, 0.1) is 0 Å². The topological polar surface area (TPSA) is 82.4 Å². The van der Waals surface area contributed by atoms with E-state index in [9.17, 15) is 9.59 Å². The number of rotatable bonds is 7. The number of nitrogens with zero attached hydrogens (tertiary/aromatic N) is 2. The van der Waals surface area contributed by atoms with Gasteiger partial charge in [0.05, 0.1) is 40.9 Å². The van der Waals surface area contributed by atoms with Crippen LogP contribution >= 0.6 is 23.2 Å². The molecule has 3 aromatic carbocycles. The van der Waals surface area contributed by atoms with E-state index < -0.39 is 0 Å². The van der Waals surface area contributed by atoms with Crippen molar-refractivity contribution in [3.05, 3.63) is 93.0 Å². The Hall–Kier alpha value is -3.55. The lowest BCUT2D eigenvalue weighted by Gasteiger charge is -2.10. The molecular weight excluding hydrogens is 465 g/mol. The maximum atomic E-state index is 13.0. The molecule has 0 bridgehead atoms. The zero-order chi connectivity index (χ0) is 23.4. The first-order valence-electron chi connectivity index (χ1n) is 9.93. The van der Waals surface area contributed by atoms with E-state index in [1.807, 2.05) is 0 Å². The second kappa shape index (κ2) is 9.94. The number of anilines is 1. The fourth-order valence-corrected chi connectivity index (χ4v) is 3.52. The highest BCUT2D eigenvalue weighted by Crippen LogP contribution is 2.23.